The highest BCUT2D eigenvalue weighted by Gasteiger charge is 2.16. The Balaban J connectivity index is 3.07. The Kier molecular flexibility index (Phi) is 3.28. The molecule has 5 heteroatoms. The van der Waals surface area contributed by atoms with Crippen molar-refractivity contribution in [1.29, 1.82) is 0 Å². The van der Waals surface area contributed by atoms with E-state index in [1.54, 1.807) is 0 Å². The minimum absolute atomic E-state index is 0.223. The summed E-state index contributed by atoms with van der Waals surface area (Å²) < 4.78 is 0. The van der Waals surface area contributed by atoms with Gasteiger partial charge in [0, 0.05) is 25.6 Å². The largest absolute Gasteiger partial charge is 0.298 e. The summed E-state index contributed by atoms with van der Waals surface area (Å²) in [6.45, 7) is 2.55. The predicted molar refractivity (Wildman–Crippen MR) is 53.5 cm³/mol. The van der Waals surface area contributed by atoms with E-state index in [1.807, 2.05) is 0 Å². The molecule has 1 heterocycles. The molecule has 0 unspecified atom stereocenters. The van der Waals surface area contributed by atoms with Gasteiger partial charge in [0.1, 0.15) is 5.82 Å². The Hall–Kier alpha value is -2.04. The van der Waals surface area contributed by atoms with Crippen LogP contribution in [0.5, 0.6) is 0 Å². The molecule has 0 bridgehead atoms. The zero-order valence-electron chi connectivity index (χ0n) is 8.43. The first kappa shape index (κ1) is 11.0. The average molecular weight is 206 g/mol. The van der Waals surface area contributed by atoms with Crippen molar-refractivity contribution >= 4 is 23.9 Å². The summed E-state index contributed by atoms with van der Waals surface area (Å²) >= 11 is 0. The van der Waals surface area contributed by atoms with Crippen LogP contribution in [0.4, 0.5) is 5.82 Å². The van der Waals surface area contributed by atoms with Gasteiger partial charge in [-0.1, -0.05) is 0 Å². The first-order valence-corrected chi connectivity index (χ1v) is 4.28. The van der Waals surface area contributed by atoms with Gasteiger partial charge in [-0.05, 0) is 12.1 Å². The molecule has 0 saturated heterocycles. The monoisotopic (exact) mass is 206 g/mol. The molecule has 0 aromatic carbocycles. The lowest BCUT2D eigenvalue weighted by Gasteiger charge is -2.15. The van der Waals surface area contributed by atoms with Crippen molar-refractivity contribution in [3.63, 3.8) is 0 Å². The Morgan fingerprint density at radius 2 is 1.87 bits per heavy atom. The summed E-state index contributed by atoms with van der Waals surface area (Å²) in [5.41, 5.74) is 0.394. The van der Waals surface area contributed by atoms with Gasteiger partial charge < -0.3 is 0 Å². The number of amides is 2. The second-order valence-corrected chi connectivity index (χ2v) is 2.94. The van der Waals surface area contributed by atoms with Gasteiger partial charge in [0.05, 0.1) is 0 Å². The van der Waals surface area contributed by atoms with Gasteiger partial charge in [-0.3, -0.25) is 14.4 Å². The third kappa shape index (κ3) is 2.46. The number of aromatic nitrogens is 1. The Bertz CT molecular complexity index is 384. The van der Waals surface area contributed by atoms with Gasteiger partial charge in [-0.2, -0.15) is 0 Å². The van der Waals surface area contributed by atoms with Gasteiger partial charge in [-0.25, -0.2) is 9.88 Å². The fourth-order valence-corrected chi connectivity index (χ4v) is 1.14. The first-order chi connectivity index (χ1) is 7.06. The van der Waals surface area contributed by atoms with Gasteiger partial charge in [0.25, 0.3) is 0 Å². The van der Waals surface area contributed by atoms with Crippen molar-refractivity contribution in [2.75, 3.05) is 4.90 Å². The lowest BCUT2D eigenvalue weighted by molar-refractivity contribution is -0.124. The summed E-state index contributed by atoms with van der Waals surface area (Å²) in [7, 11) is 0. The van der Waals surface area contributed by atoms with Gasteiger partial charge in [0.2, 0.25) is 11.8 Å². The molecule has 5 nitrogen and oxygen atoms in total. The number of imide groups is 1. The van der Waals surface area contributed by atoms with Crippen LogP contribution in [0.25, 0.3) is 0 Å². The highest BCUT2D eigenvalue weighted by Crippen LogP contribution is 2.11. The third-order valence-corrected chi connectivity index (χ3v) is 1.77. The first-order valence-electron chi connectivity index (χ1n) is 4.28. The van der Waals surface area contributed by atoms with Crippen LogP contribution in [0.1, 0.15) is 24.2 Å². The van der Waals surface area contributed by atoms with Crippen molar-refractivity contribution in [2.45, 2.75) is 13.8 Å². The van der Waals surface area contributed by atoms with Crippen molar-refractivity contribution < 1.29 is 14.4 Å². The van der Waals surface area contributed by atoms with Crippen molar-refractivity contribution in [1.82, 2.24) is 4.98 Å². The van der Waals surface area contributed by atoms with Crippen LogP contribution >= 0.6 is 0 Å². The molecule has 0 fully saturated rings. The highest BCUT2D eigenvalue weighted by molar-refractivity contribution is 6.12. The molecule has 78 valence electrons. The smallest absolute Gasteiger partial charge is 0.231 e. The SMILES string of the molecule is CC(=O)N(C(C)=O)c1ccc(C=O)cn1. The average Bonchev–Trinajstić information content (AvgIpc) is 2.18. The summed E-state index contributed by atoms with van der Waals surface area (Å²) in [5.74, 6) is -0.594. The number of carbonyl (C=O) groups excluding carboxylic acids is 3. The Morgan fingerprint density at radius 1 is 1.27 bits per heavy atom. The van der Waals surface area contributed by atoms with E-state index in [-0.39, 0.29) is 5.82 Å². The summed E-state index contributed by atoms with van der Waals surface area (Å²) in [5, 5.41) is 0. The number of hydrogen-bond donors (Lipinski definition) is 0. The maximum Gasteiger partial charge on any atom is 0.231 e. The standard InChI is InChI=1S/C10H10N2O3/c1-7(14)12(8(2)15)10-4-3-9(6-13)5-11-10/h3-6H,1-2H3. The van der Waals surface area contributed by atoms with E-state index in [2.05, 4.69) is 4.98 Å². The van der Waals surface area contributed by atoms with Crippen LogP contribution in [-0.4, -0.2) is 23.1 Å². The van der Waals surface area contributed by atoms with E-state index in [0.717, 1.165) is 4.90 Å². The molecule has 0 atom stereocenters. The van der Waals surface area contributed by atoms with Gasteiger partial charge in [0.15, 0.2) is 6.29 Å². The summed E-state index contributed by atoms with van der Waals surface area (Å²) in [6, 6.07) is 2.95. The van der Waals surface area contributed by atoms with Crippen molar-refractivity contribution in [3.8, 4) is 0 Å². The minimum atomic E-state index is -0.408. The molecular formula is C10H10N2O3. The van der Waals surface area contributed by atoms with E-state index in [9.17, 15) is 14.4 Å². The molecule has 0 N–H and O–H groups in total. The molecule has 0 spiro atoms. The molecule has 0 aliphatic rings. The molecule has 1 rings (SSSR count). The zero-order valence-corrected chi connectivity index (χ0v) is 8.43. The lowest BCUT2D eigenvalue weighted by atomic mass is 10.3. The molecule has 0 aliphatic carbocycles. The minimum Gasteiger partial charge on any atom is -0.298 e. The number of anilines is 1. The molecule has 2 amide bonds. The fraction of sp³-hybridized carbons (Fsp3) is 0.200. The van der Waals surface area contributed by atoms with Gasteiger partial charge in [-0.15, -0.1) is 0 Å². The predicted octanol–water partition coefficient (Wildman–Crippen LogP) is 0.794. The quantitative estimate of drug-likeness (QED) is 0.671. The zero-order chi connectivity index (χ0) is 11.4. The highest BCUT2D eigenvalue weighted by atomic mass is 16.2. The summed E-state index contributed by atoms with van der Waals surface area (Å²) in [4.78, 5) is 37.4. The van der Waals surface area contributed by atoms with Crippen LogP contribution < -0.4 is 4.90 Å². The van der Waals surface area contributed by atoms with Crippen LogP contribution in [-0.2, 0) is 9.59 Å². The number of nitrogens with zero attached hydrogens (tertiary/aromatic N) is 2. The van der Waals surface area contributed by atoms with Crippen LogP contribution in [0.3, 0.4) is 0 Å². The molecule has 0 saturated carbocycles. The van der Waals surface area contributed by atoms with E-state index >= 15 is 0 Å². The van der Waals surface area contributed by atoms with Crippen LogP contribution in [0.15, 0.2) is 18.3 Å². The number of pyridine rings is 1. The van der Waals surface area contributed by atoms with Crippen molar-refractivity contribution in [3.05, 3.63) is 23.9 Å². The number of rotatable bonds is 2. The molecule has 15 heavy (non-hydrogen) atoms. The number of aldehydes is 1. The normalized spacial score (nSPS) is 9.47. The Morgan fingerprint density at radius 3 is 2.20 bits per heavy atom. The van der Waals surface area contributed by atoms with Crippen molar-refractivity contribution in [2.24, 2.45) is 0 Å². The lowest BCUT2D eigenvalue weighted by Crippen LogP contribution is -2.33. The second kappa shape index (κ2) is 4.45. The van der Waals surface area contributed by atoms with E-state index in [1.165, 1.54) is 32.2 Å². The number of hydrogen-bond acceptors (Lipinski definition) is 4. The molecule has 0 radical (unpaired) electrons. The molecule has 0 aliphatic heterocycles. The Labute approximate surface area is 86.7 Å². The topological polar surface area (TPSA) is 67.3 Å². The van der Waals surface area contributed by atoms with Crippen LogP contribution in [0, 0.1) is 0 Å². The fourth-order valence-electron chi connectivity index (χ4n) is 1.14. The second-order valence-electron chi connectivity index (χ2n) is 2.94. The number of carbonyl (C=O) groups is 3. The van der Waals surface area contributed by atoms with E-state index in [0.29, 0.717) is 11.8 Å². The molecule has 1 aromatic rings. The third-order valence-electron chi connectivity index (χ3n) is 1.77. The van der Waals surface area contributed by atoms with E-state index in [4.69, 9.17) is 0 Å². The summed E-state index contributed by atoms with van der Waals surface area (Å²) in [6.07, 6.45) is 1.95. The van der Waals surface area contributed by atoms with Crippen LogP contribution in [0.2, 0.25) is 0 Å². The van der Waals surface area contributed by atoms with Gasteiger partial charge >= 0.3 is 0 Å². The molecule has 1 aromatic heterocycles. The van der Waals surface area contributed by atoms with E-state index < -0.39 is 11.8 Å². The molecular weight excluding hydrogens is 196 g/mol. The maximum absolute atomic E-state index is 11.1. The maximum atomic E-state index is 11.1.